The van der Waals surface area contributed by atoms with Gasteiger partial charge in [0, 0.05) is 12.2 Å². The van der Waals surface area contributed by atoms with Crippen LogP contribution in [-0.2, 0) is 20.7 Å². The second kappa shape index (κ2) is 4.95. The summed E-state index contributed by atoms with van der Waals surface area (Å²) >= 11 is 0. The van der Waals surface area contributed by atoms with Crippen LogP contribution in [-0.4, -0.2) is 35.7 Å². The number of fused-ring (bicyclic) bond motifs is 3. The van der Waals surface area contributed by atoms with Crippen molar-refractivity contribution in [3.8, 4) is 0 Å². The number of benzene rings is 1. The summed E-state index contributed by atoms with van der Waals surface area (Å²) in [5.41, 5.74) is 2.06. The van der Waals surface area contributed by atoms with Gasteiger partial charge in [0.2, 0.25) is 5.91 Å². The summed E-state index contributed by atoms with van der Waals surface area (Å²) in [5.74, 6) is -2.49. The number of anilines is 1. The number of para-hydroxylation sites is 1. The van der Waals surface area contributed by atoms with Crippen LogP contribution in [0.15, 0.2) is 36.4 Å². The van der Waals surface area contributed by atoms with Gasteiger partial charge in [0.25, 0.3) is 0 Å². The quantitative estimate of drug-likeness (QED) is 0.843. The number of rotatable bonds is 2. The maximum atomic E-state index is 13.0. The molecule has 1 aromatic rings. The highest BCUT2D eigenvalue weighted by molar-refractivity contribution is 5.99. The Morgan fingerprint density at radius 3 is 2.64 bits per heavy atom. The molecule has 1 N–H and O–H groups in total. The third kappa shape index (κ3) is 1.89. The fourth-order valence-corrected chi connectivity index (χ4v) is 3.84. The van der Waals surface area contributed by atoms with E-state index in [2.05, 4.69) is 0 Å². The molecule has 0 spiro atoms. The molecule has 4 atom stereocenters. The SMILES string of the molecule is O=C(O)C1C2C=CC(O2)C1C(=O)N1CCCc2ccccc21. The van der Waals surface area contributed by atoms with E-state index in [0.29, 0.717) is 6.54 Å². The molecule has 1 amide bonds. The summed E-state index contributed by atoms with van der Waals surface area (Å²) in [6.45, 7) is 0.639. The Balaban J connectivity index is 1.68. The fourth-order valence-electron chi connectivity index (χ4n) is 3.84. The lowest BCUT2D eigenvalue weighted by Gasteiger charge is -2.33. The molecule has 0 aromatic heterocycles. The average molecular weight is 299 g/mol. The van der Waals surface area contributed by atoms with Crippen molar-refractivity contribution in [3.63, 3.8) is 0 Å². The normalized spacial score (nSPS) is 32.1. The maximum absolute atomic E-state index is 13.0. The molecule has 3 heterocycles. The van der Waals surface area contributed by atoms with Crippen LogP contribution in [0.5, 0.6) is 0 Å². The Labute approximate surface area is 128 Å². The number of ether oxygens (including phenoxy) is 1. The molecule has 1 fully saturated rings. The number of aliphatic carboxylic acids is 1. The number of nitrogens with zero attached hydrogens (tertiary/aromatic N) is 1. The topological polar surface area (TPSA) is 66.8 Å². The van der Waals surface area contributed by atoms with Crippen LogP contribution in [0.1, 0.15) is 12.0 Å². The average Bonchev–Trinajstić information content (AvgIpc) is 3.14. The summed E-state index contributed by atoms with van der Waals surface area (Å²) in [6.07, 6.45) is 4.55. The van der Waals surface area contributed by atoms with Gasteiger partial charge in [0.05, 0.1) is 18.1 Å². The number of carbonyl (C=O) groups is 2. The molecule has 3 aliphatic heterocycles. The highest BCUT2D eigenvalue weighted by Crippen LogP contribution is 2.41. The van der Waals surface area contributed by atoms with Gasteiger partial charge in [-0.2, -0.15) is 0 Å². The Kier molecular flexibility index (Phi) is 3.04. The molecule has 2 bridgehead atoms. The van der Waals surface area contributed by atoms with Gasteiger partial charge < -0.3 is 14.7 Å². The minimum absolute atomic E-state index is 0.128. The van der Waals surface area contributed by atoms with Crippen molar-refractivity contribution >= 4 is 17.6 Å². The molecular weight excluding hydrogens is 282 g/mol. The lowest BCUT2D eigenvalue weighted by Crippen LogP contribution is -2.46. The van der Waals surface area contributed by atoms with E-state index in [9.17, 15) is 14.7 Å². The molecule has 0 saturated carbocycles. The van der Waals surface area contributed by atoms with E-state index >= 15 is 0 Å². The maximum Gasteiger partial charge on any atom is 0.310 e. The first-order chi connectivity index (χ1) is 10.7. The van der Waals surface area contributed by atoms with Crippen molar-refractivity contribution in [3.05, 3.63) is 42.0 Å². The molecule has 1 saturated heterocycles. The molecular formula is C17H17NO4. The largest absolute Gasteiger partial charge is 0.481 e. The zero-order valence-electron chi connectivity index (χ0n) is 12.0. The predicted octanol–water partition coefficient (Wildman–Crippen LogP) is 1.62. The number of aryl methyl sites for hydroxylation is 1. The van der Waals surface area contributed by atoms with Gasteiger partial charge in [-0.05, 0) is 24.5 Å². The Morgan fingerprint density at radius 1 is 1.14 bits per heavy atom. The molecule has 22 heavy (non-hydrogen) atoms. The molecule has 114 valence electrons. The van der Waals surface area contributed by atoms with Gasteiger partial charge in [-0.25, -0.2) is 0 Å². The van der Waals surface area contributed by atoms with Crippen LogP contribution in [0.4, 0.5) is 5.69 Å². The van der Waals surface area contributed by atoms with E-state index in [1.165, 1.54) is 0 Å². The first-order valence-electron chi connectivity index (χ1n) is 7.62. The van der Waals surface area contributed by atoms with Crippen molar-refractivity contribution in [1.29, 1.82) is 0 Å². The van der Waals surface area contributed by atoms with E-state index < -0.39 is 30.0 Å². The van der Waals surface area contributed by atoms with Crippen LogP contribution in [0, 0.1) is 11.8 Å². The van der Waals surface area contributed by atoms with Gasteiger partial charge in [0.1, 0.15) is 5.92 Å². The summed E-state index contributed by atoms with van der Waals surface area (Å²) in [7, 11) is 0. The zero-order chi connectivity index (χ0) is 15.3. The molecule has 0 aliphatic carbocycles. The number of carbonyl (C=O) groups excluding carboxylic acids is 1. The monoisotopic (exact) mass is 299 g/mol. The van der Waals surface area contributed by atoms with Gasteiger partial charge >= 0.3 is 5.97 Å². The summed E-state index contributed by atoms with van der Waals surface area (Å²) in [5, 5.41) is 9.46. The lowest BCUT2D eigenvalue weighted by molar-refractivity contribution is -0.146. The first kappa shape index (κ1) is 13.5. The Bertz CT molecular complexity index is 668. The number of carboxylic acids is 1. The minimum Gasteiger partial charge on any atom is -0.481 e. The molecule has 1 aromatic carbocycles. The second-order valence-electron chi connectivity index (χ2n) is 6.06. The molecule has 3 aliphatic rings. The van der Waals surface area contributed by atoms with E-state index in [0.717, 1.165) is 24.1 Å². The zero-order valence-corrected chi connectivity index (χ0v) is 12.0. The van der Waals surface area contributed by atoms with Crippen molar-refractivity contribution in [1.82, 2.24) is 0 Å². The number of amides is 1. The van der Waals surface area contributed by atoms with Gasteiger partial charge in [-0.1, -0.05) is 30.4 Å². The van der Waals surface area contributed by atoms with Crippen molar-refractivity contribution in [2.75, 3.05) is 11.4 Å². The standard InChI is InChI=1S/C17H17NO4/c19-16(14-12-7-8-13(22-12)15(14)17(20)21)18-9-3-5-10-4-1-2-6-11(10)18/h1-2,4,6-8,12-15H,3,5,9H2,(H,20,21). The highest BCUT2D eigenvalue weighted by atomic mass is 16.5. The first-order valence-corrected chi connectivity index (χ1v) is 7.62. The number of hydrogen-bond acceptors (Lipinski definition) is 3. The molecule has 4 unspecified atom stereocenters. The van der Waals surface area contributed by atoms with Crippen LogP contribution >= 0.6 is 0 Å². The van der Waals surface area contributed by atoms with Crippen molar-refractivity contribution < 1.29 is 19.4 Å². The Hall–Kier alpha value is -2.14. The molecule has 5 heteroatoms. The van der Waals surface area contributed by atoms with E-state index in [-0.39, 0.29) is 5.91 Å². The second-order valence-corrected chi connectivity index (χ2v) is 6.06. The number of carboxylic acid groups (broad SMARTS) is 1. The van der Waals surface area contributed by atoms with Crippen molar-refractivity contribution in [2.24, 2.45) is 11.8 Å². The Morgan fingerprint density at radius 2 is 1.86 bits per heavy atom. The number of hydrogen-bond donors (Lipinski definition) is 1. The third-order valence-electron chi connectivity index (χ3n) is 4.85. The van der Waals surface area contributed by atoms with Crippen molar-refractivity contribution in [2.45, 2.75) is 25.0 Å². The summed E-state index contributed by atoms with van der Waals surface area (Å²) < 4.78 is 5.62. The van der Waals surface area contributed by atoms with E-state index in [1.54, 1.807) is 11.0 Å². The molecule has 4 rings (SSSR count). The van der Waals surface area contributed by atoms with Crippen LogP contribution < -0.4 is 4.90 Å². The van der Waals surface area contributed by atoms with Crippen LogP contribution in [0.3, 0.4) is 0 Å². The van der Waals surface area contributed by atoms with Crippen LogP contribution in [0.2, 0.25) is 0 Å². The smallest absolute Gasteiger partial charge is 0.310 e. The highest BCUT2D eigenvalue weighted by Gasteiger charge is 2.54. The molecule has 0 radical (unpaired) electrons. The molecule has 5 nitrogen and oxygen atoms in total. The summed E-state index contributed by atoms with van der Waals surface area (Å²) in [6, 6.07) is 7.85. The predicted molar refractivity (Wildman–Crippen MR) is 79.5 cm³/mol. The van der Waals surface area contributed by atoms with E-state index in [1.807, 2.05) is 30.3 Å². The lowest BCUT2D eigenvalue weighted by atomic mass is 9.81. The third-order valence-corrected chi connectivity index (χ3v) is 4.85. The summed E-state index contributed by atoms with van der Waals surface area (Å²) in [4.78, 5) is 26.3. The van der Waals surface area contributed by atoms with Gasteiger partial charge in [-0.3, -0.25) is 9.59 Å². The fraction of sp³-hybridized carbons (Fsp3) is 0.412. The van der Waals surface area contributed by atoms with Gasteiger partial charge in [-0.15, -0.1) is 0 Å². The minimum atomic E-state index is -0.958. The van der Waals surface area contributed by atoms with Crippen LogP contribution in [0.25, 0.3) is 0 Å². The van der Waals surface area contributed by atoms with E-state index in [4.69, 9.17) is 4.74 Å². The van der Waals surface area contributed by atoms with Gasteiger partial charge in [0.15, 0.2) is 0 Å².